The van der Waals surface area contributed by atoms with Gasteiger partial charge in [-0.25, -0.2) is 10.8 Å². The Kier molecular flexibility index (Phi) is 4.62. The summed E-state index contributed by atoms with van der Waals surface area (Å²) in [5.41, 5.74) is 4.26. The molecule has 19 heavy (non-hydrogen) atoms. The molecule has 1 aromatic carbocycles. The Bertz CT molecular complexity index is 592. The highest BCUT2D eigenvalue weighted by molar-refractivity contribution is 9.11. The van der Waals surface area contributed by atoms with Crippen molar-refractivity contribution in [1.82, 2.24) is 4.98 Å². The molecular weight excluding hydrogens is 376 g/mol. The number of hydrogen-bond acceptors (Lipinski definition) is 5. The monoisotopic (exact) mass is 386 g/mol. The summed E-state index contributed by atoms with van der Waals surface area (Å²) in [6, 6.07) is 7.47. The minimum Gasteiger partial charge on any atom is -0.495 e. The number of methoxy groups -OCH3 is 1. The number of aromatic nitrogens is 1. The third-order valence-electron chi connectivity index (χ3n) is 2.43. The Morgan fingerprint density at radius 3 is 2.68 bits per heavy atom. The number of benzene rings is 1. The van der Waals surface area contributed by atoms with Gasteiger partial charge in [0.05, 0.1) is 17.3 Å². The summed E-state index contributed by atoms with van der Waals surface area (Å²) in [5, 5.41) is 3.27. The molecule has 1 aromatic heterocycles. The van der Waals surface area contributed by atoms with Gasteiger partial charge >= 0.3 is 0 Å². The summed E-state index contributed by atoms with van der Waals surface area (Å²) in [6.07, 6.45) is 1.67. The number of ether oxygens (including phenoxy) is 1. The van der Waals surface area contributed by atoms with E-state index in [0.717, 1.165) is 26.1 Å². The van der Waals surface area contributed by atoms with Crippen LogP contribution in [-0.4, -0.2) is 12.1 Å². The predicted octanol–water partition coefficient (Wildman–Crippen LogP) is 3.64. The van der Waals surface area contributed by atoms with Crippen molar-refractivity contribution in [1.29, 1.82) is 0 Å². The van der Waals surface area contributed by atoms with Gasteiger partial charge in [-0.2, -0.15) is 0 Å². The minimum absolute atomic E-state index is 0.588. The van der Waals surface area contributed by atoms with E-state index in [1.807, 2.05) is 18.2 Å². The van der Waals surface area contributed by atoms with Crippen LogP contribution in [0.2, 0.25) is 0 Å². The van der Waals surface area contributed by atoms with Gasteiger partial charge in [0, 0.05) is 28.5 Å². The van der Waals surface area contributed by atoms with Crippen LogP contribution in [0.4, 0.5) is 17.2 Å². The minimum atomic E-state index is 0.588. The number of nitrogen functional groups attached to an aromatic ring is 1. The van der Waals surface area contributed by atoms with Gasteiger partial charge in [-0.1, -0.05) is 0 Å². The molecule has 0 aliphatic heterocycles. The van der Waals surface area contributed by atoms with E-state index in [0.29, 0.717) is 5.82 Å². The van der Waals surface area contributed by atoms with E-state index in [-0.39, 0.29) is 0 Å². The zero-order chi connectivity index (χ0) is 13.8. The van der Waals surface area contributed by atoms with Crippen LogP contribution >= 0.6 is 31.9 Å². The zero-order valence-corrected chi connectivity index (χ0v) is 13.2. The second kappa shape index (κ2) is 6.23. The van der Waals surface area contributed by atoms with Crippen molar-refractivity contribution in [2.75, 3.05) is 17.9 Å². The molecule has 0 amide bonds. The van der Waals surface area contributed by atoms with Crippen LogP contribution in [0.15, 0.2) is 39.4 Å². The summed E-state index contributed by atoms with van der Waals surface area (Å²) >= 11 is 6.93. The van der Waals surface area contributed by atoms with Crippen molar-refractivity contribution in [3.05, 3.63) is 39.4 Å². The van der Waals surface area contributed by atoms with E-state index in [9.17, 15) is 0 Å². The normalized spacial score (nSPS) is 10.1. The molecule has 0 saturated heterocycles. The maximum Gasteiger partial charge on any atom is 0.141 e. The van der Waals surface area contributed by atoms with E-state index in [4.69, 9.17) is 10.6 Å². The molecule has 0 aliphatic carbocycles. The van der Waals surface area contributed by atoms with Gasteiger partial charge < -0.3 is 15.5 Å². The van der Waals surface area contributed by atoms with Crippen molar-refractivity contribution in [2.45, 2.75) is 0 Å². The van der Waals surface area contributed by atoms with Crippen LogP contribution in [0.1, 0.15) is 0 Å². The van der Waals surface area contributed by atoms with Gasteiger partial charge in [0.1, 0.15) is 11.6 Å². The zero-order valence-electron chi connectivity index (χ0n) is 10.1. The molecule has 5 nitrogen and oxygen atoms in total. The lowest BCUT2D eigenvalue weighted by Crippen LogP contribution is -2.08. The number of anilines is 3. The van der Waals surface area contributed by atoms with Gasteiger partial charge in [-0.05, 0) is 44.0 Å². The van der Waals surface area contributed by atoms with Crippen molar-refractivity contribution in [2.24, 2.45) is 5.84 Å². The Labute approximate surface area is 127 Å². The molecule has 2 rings (SSSR count). The lowest BCUT2D eigenvalue weighted by Gasteiger charge is -2.12. The first-order chi connectivity index (χ1) is 9.13. The predicted molar refractivity (Wildman–Crippen MR) is 83.7 cm³/mol. The summed E-state index contributed by atoms with van der Waals surface area (Å²) < 4.78 is 7.07. The van der Waals surface area contributed by atoms with E-state index < -0.39 is 0 Å². The van der Waals surface area contributed by atoms with E-state index in [2.05, 4.69) is 47.6 Å². The average Bonchev–Trinajstić information content (AvgIpc) is 2.42. The maximum atomic E-state index is 5.33. The summed E-state index contributed by atoms with van der Waals surface area (Å²) in [6.45, 7) is 0. The Morgan fingerprint density at radius 2 is 2.00 bits per heavy atom. The molecule has 0 fully saturated rings. The smallest absolute Gasteiger partial charge is 0.141 e. The molecule has 1 heterocycles. The number of hydrogen-bond donors (Lipinski definition) is 3. The first-order valence-corrected chi connectivity index (χ1v) is 6.95. The highest BCUT2D eigenvalue weighted by Gasteiger charge is 2.07. The molecule has 7 heteroatoms. The van der Waals surface area contributed by atoms with Crippen molar-refractivity contribution < 1.29 is 4.74 Å². The van der Waals surface area contributed by atoms with Crippen LogP contribution in [-0.2, 0) is 0 Å². The summed E-state index contributed by atoms with van der Waals surface area (Å²) in [7, 11) is 1.63. The Morgan fingerprint density at radius 1 is 1.21 bits per heavy atom. The van der Waals surface area contributed by atoms with Crippen molar-refractivity contribution >= 4 is 49.1 Å². The molecule has 0 radical (unpaired) electrons. The van der Waals surface area contributed by atoms with Gasteiger partial charge in [0.2, 0.25) is 0 Å². The Balaban J connectivity index is 2.32. The summed E-state index contributed by atoms with van der Waals surface area (Å²) in [4.78, 5) is 4.05. The average molecular weight is 388 g/mol. The Hall–Kier alpha value is -1.31. The number of hydrazine groups is 1. The maximum absolute atomic E-state index is 5.33. The fourth-order valence-electron chi connectivity index (χ4n) is 1.52. The highest BCUT2D eigenvalue weighted by Crippen LogP contribution is 2.36. The molecule has 0 unspecified atom stereocenters. The first kappa shape index (κ1) is 14.1. The van der Waals surface area contributed by atoms with Gasteiger partial charge in [0.15, 0.2) is 0 Å². The lowest BCUT2D eigenvalue weighted by molar-refractivity contribution is 0.412. The molecular formula is C12H12Br2N4O. The highest BCUT2D eigenvalue weighted by atomic mass is 79.9. The van der Waals surface area contributed by atoms with Crippen molar-refractivity contribution in [3.8, 4) is 5.75 Å². The molecule has 0 atom stereocenters. The fraction of sp³-hybridized carbons (Fsp3) is 0.0833. The SMILES string of the molecule is COc1cc(Nc2ccnc(NN)c2)c(Br)cc1Br. The standard InChI is InChI=1S/C12H12Br2N4O/c1-19-11-6-10(8(13)5-9(11)14)17-7-2-3-16-12(4-7)18-15/h2-6H,15H2,1H3,(H2,16,17,18). The molecule has 0 saturated carbocycles. The molecule has 0 aliphatic rings. The van der Waals surface area contributed by atoms with Gasteiger partial charge in [0.25, 0.3) is 0 Å². The molecule has 2 aromatic rings. The van der Waals surface area contributed by atoms with Crippen molar-refractivity contribution in [3.63, 3.8) is 0 Å². The summed E-state index contributed by atoms with van der Waals surface area (Å²) in [5.74, 6) is 6.67. The second-order valence-electron chi connectivity index (χ2n) is 3.67. The van der Waals surface area contributed by atoms with Crippen LogP contribution in [0, 0.1) is 0 Å². The number of pyridine rings is 1. The quantitative estimate of drug-likeness (QED) is 0.551. The third-order valence-corrected chi connectivity index (χ3v) is 3.70. The molecule has 100 valence electrons. The number of nitrogens with zero attached hydrogens (tertiary/aromatic N) is 1. The van der Waals surface area contributed by atoms with E-state index >= 15 is 0 Å². The van der Waals surface area contributed by atoms with Crippen LogP contribution in [0.5, 0.6) is 5.75 Å². The molecule has 0 bridgehead atoms. The lowest BCUT2D eigenvalue weighted by atomic mass is 10.3. The number of rotatable bonds is 4. The molecule has 4 N–H and O–H groups in total. The van der Waals surface area contributed by atoms with Gasteiger partial charge in [-0.15, -0.1) is 0 Å². The number of halogens is 2. The number of nitrogens with one attached hydrogen (secondary N) is 2. The van der Waals surface area contributed by atoms with E-state index in [1.165, 1.54) is 0 Å². The van der Waals surface area contributed by atoms with E-state index in [1.54, 1.807) is 19.4 Å². The van der Waals surface area contributed by atoms with Crippen LogP contribution in [0.25, 0.3) is 0 Å². The number of nitrogens with two attached hydrogens (primary N) is 1. The fourth-order valence-corrected chi connectivity index (χ4v) is 2.78. The third kappa shape index (κ3) is 3.37. The largest absolute Gasteiger partial charge is 0.495 e. The second-order valence-corrected chi connectivity index (χ2v) is 5.37. The molecule has 0 spiro atoms. The topological polar surface area (TPSA) is 72.2 Å². The van der Waals surface area contributed by atoms with Gasteiger partial charge in [-0.3, -0.25) is 0 Å². The van der Waals surface area contributed by atoms with Crippen LogP contribution < -0.4 is 21.3 Å². The first-order valence-electron chi connectivity index (χ1n) is 5.36. The van der Waals surface area contributed by atoms with Crippen LogP contribution in [0.3, 0.4) is 0 Å².